The van der Waals surface area contributed by atoms with Crippen molar-refractivity contribution in [2.24, 2.45) is 0 Å². The van der Waals surface area contributed by atoms with Gasteiger partial charge in [0.1, 0.15) is 23.8 Å². The summed E-state index contributed by atoms with van der Waals surface area (Å²) in [5.74, 6) is 1.47. The molecule has 0 aliphatic heterocycles. The van der Waals surface area contributed by atoms with Crippen LogP contribution >= 0.6 is 12.2 Å². The lowest BCUT2D eigenvalue weighted by Gasteiger charge is -2.14. The van der Waals surface area contributed by atoms with Gasteiger partial charge in [-0.1, -0.05) is 43.0 Å². The lowest BCUT2D eigenvalue weighted by Crippen LogP contribution is -2.21. The molecule has 0 heterocycles. The fourth-order valence-electron chi connectivity index (χ4n) is 1.92. The van der Waals surface area contributed by atoms with Crippen molar-refractivity contribution in [2.75, 3.05) is 7.11 Å². The van der Waals surface area contributed by atoms with Crippen LogP contribution in [0.25, 0.3) is 0 Å². The minimum absolute atomic E-state index is 0.218. The maximum Gasteiger partial charge on any atom is 0.215 e. The number of hydrogen-bond acceptors (Lipinski definition) is 5. The van der Waals surface area contributed by atoms with Gasteiger partial charge in [0.25, 0.3) is 0 Å². The molecule has 0 atom stereocenters. The van der Waals surface area contributed by atoms with Gasteiger partial charge in [-0.25, -0.2) is 0 Å². The van der Waals surface area contributed by atoms with Crippen LogP contribution in [-0.2, 0) is 11.4 Å². The monoisotopic (exact) mass is 329 g/mol. The zero-order chi connectivity index (χ0) is 16.7. The molecule has 0 amide bonds. The maximum absolute atomic E-state index is 5.87. The molecule has 0 aliphatic carbocycles. The molecule has 0 fully saturated rings. The van der Waals surface area contributed by atoms with Crippen LogP contribution in [0.3, 0.4) is 0 Å². The highest BCUT2D eigenvalue weighted by Gasteiger charge is 2.10. The molecule has 0 bridgehead atoms. The highest BCUT2D eigenvalue weighted by Crippen LogP contribution is 2.23. The Balaban J connectivity index is 2.07. The molecule has 4 nitrogen and oxygen atoms in total. The second-order valence-corrected chi connectivity index (χ2v) is 5.21. The summed E-state index contributed by atoms with van der Waals surface area (Å²) < 4.78 is 11.6. The number of hydrogen-bond donors (Lipinski definition) is 1. The van der Waals surface area contributed by atoms with E-state index in [-0.39, 0.29) is 5.05 Å². The number of nitrogens with one attached hydrogen (secondary N) is 1. The van der Waals surface area contributed by atoms with Crippen LogP contribution in [0.1, 0.15) is 11.1 Å². The molecule has 0 saturated heterocycles. The van der Waals surface area contributed by atoms with Crippen molar-refractivity contribution in [2.45, 2.75) is 13.5 Å². The molecule has 0 spiro atoms. The number of benzene rings is 2. The number of ether oxygens (including phenoxy) is 2. The standard InChI is InChI=1S/C18H19NO3S/c1-13-8-4-6-10-16(13)21-12-15-9-5-7-11-17(15)22-18(23)14(2)19-20-3/h4-11,19H,2,12H2,1,3H3. The molecule has 2 aromatic rings. The third-order valence-electron chi connectivity index (χ3n) is 3.12. The average molecular weight is 329 g/mol. The van der Waals surface area contributed by atoms with Gasteiger partial charge in [-0.3, -0.25) is 10.3 Å². The normalized spacial score (nSPS) is 10.0. The highest BCUT2D eigenvalue weighted by molar-refractivity contribution is 7.80. The molecule has 23 heavy (non-hydrogen) atoms. The number of rotatable bonds is 7. The number of aryl methyl sites for hydroxylation is 1. The van der Waals surface area contributed by atoms with Gasteiger partial charge in [0.2, 0.25) is 5.05 Å². The molecular weight excluding hydrogens is 310 g/mol. The second kappa shape index (κ2) is 8.31. The molecular formula is C18H19NO3S. The summed E-state index contributed by atoms with van der Waals surface area (Å²) in [5, 5.41) is 0.218. The van der Waals surface area contributed by atoms with E-state index in [2.05, 4.69) is 12.1 Å². The Hall–Kier alpha value is -2.37. The van der Waals surface area contributed by atoms with E-state index < -0.39 is 0 Å². The summed E-state index contributed by atoms with van der Waals surface area (Å²) >= 11 is 5.18. The van der Waals surface area contributed by atoms with E-state index in [9.17, 15) is 0 Å². The summed E-state index contributed by atoms with van der Waals surface area (Å²) in [4.78, 5) is 4.77. The van der Waals surface area contributed by atoms with Gasteiger partial charge in [0.05, 0.1) is 7.11 Å². The highest BCUT2D eigenvalue weighted by atomic mass is 32.1. The lowest BCUT2D eigenvalue weighted by molar-refractivity contribution is 0.122. The Labute approximate surface area is 141 Å². The predicted molar refractivity (Wildman–Crippen MR) is 94.5 cm³/mol. The number of para-hydroxylation sites is 2. The fourth-order valence-corrected chi connectivity index (χ4v) is 2.05. The van der Waals surface area contributed by atoms with E-state index in [0.29, 0.717) is 18.1 Å². The third-order valence-corrected chi connectivity index (χ3v) is 3.45. The molecule has 1 N–H and O–H groups in total. The van der Waals surface area contributed by atoms with Crippen LogP contribution in [0.2, 0.25) is 0 Å². The Morgan fingerprint density at radius 3 is 2.43 bits per heavy atom. The lowest BCUT2D eigenvalue weighted by atomic mass is 10.2. The SMILES string of the molecule is C=C(NOC)C(=S)Oc1ccccc1COc1ccccc1C. The molecule has 120 valence electrons. The third kappa shape index (κ3) is 4.81. The van der Waals surface area contributed by atoms with E-state index in [0.717, 1.165) is 16.9 Å². The predicted octanol–water partition coefficient (Wildman–Crippen LogP) is 3.94. The average Bonchev–Trinajstić information content (AvgIpc) is 2.55. The van der Waals surface area contributed by atoms with Gasteiger partial charge in [0.15, 0.2) is 0 Å². The van der Waals surface area contributed by atoms with Crippen molar-refractivity contribution in [3.05, 3.63) is 71.9 Å². The summed E-state index contributed by atoms with van der Waals surface area (Å²) in [6.45, 7) is 6.13. The van der Waals surface area contributed by atoms with Crippen molar-refractivity contribution in [3.8, 4) is 11.5 Å². The number of thiocarbonyl (C=S) groups is 1. The Morgan fingerprint density at radius 2 is 1.74 bits per heavy atom. The molecule has 2 aromatic carbocycles. The topological polar surface area (TPSA) is 39.7 Å². The summed E-state index contributed by atoms with van der Waals surface area (Å²) in [5.41, 5.74) is 4.92. The van der Waals surface area contributed by atoms with Crippen LogP contribution in [0.4, 0.5) is 0 Å². The minimum atomic E-state index is 0.218. The second-order valence-electron chi connectivity index (χ2n) is 4.84. The largest absolute Gasteiger partial charge is 0.488 e. The maximum atomic E-state index is 5.87. The van der Waals surface area contributed by atoms with Crippen LogP contribution in [0, 0.1) is 6.92 Å². The van der Waals surface area contributed by atoms with Crippen molar-refractivity contribution in [1.82, 2.24) is 5.48 Å². The van der Waals surface area contributed by atoms with Crippen molar-refractivity contribution >= 4 is 17.3 Å². The molecule has 0 saturated carbocycles. The molecule has 0 unspecified atom stereocenters. The van der Waals surface area contributed by atoms with Gasteiger partial charge in [-0.05, 0) is 36.8 Å². The van der Waals surface area contributed by atoms with Gasteiger partial charge >= 0.3 is 0 Å². The van der Waals surface area contributed by atoms with Crippen molar-refractivity contribution < 1.29 is 14.3 Å². The van der Waals surface area contributed by atoms with Crippen LogP contribution in [0.5, 0.6) is 11.5 Å². The van der Waals surface area contributed by atoms with Gasteiger partial charge < -0.3 is 9.47 Å². The van der Waals surface area contributed by atoms with E-state index in [1.807, 2.05) is 55.5 Å². The smallest absolute Gasteiger partial charge is 0.215 e. The zero-order valence-electron chi connectivity index (χ0n) is 13.2. The van der Waals surface area contributed by atoms with Crippen LogP contribution < -0.4 is 15.0 Å². The fraction of sp³-hybridized carbons (Fsp3) is 0.167. The van der Waals surface area contributed by atoms with E-state index >= 15 is 0 Å². The zero-order valence-corrected chi connectivity index (χ0v) is 14.0. The van der Waals surface area contributed by atoms with E-state index in [1.165, 1.54) is 7.11 Å². The van der Waals surface area contributed by atoms with Gasteiger partial charge in [0, 0.05) is 5.56 Å². The van der Waals surface area contributed by atoms with Crippen molar-refractivity contribution in [1.29, 1.82) is 0 Å². The summed E-state index contributed by atoms with van der Waals surface area (Å²) in [6, 6.07) is 15.4. The first-order valence-electron chi connectivity index (χ1n) is 7.08. The Morgan fingerprint density at radius 1 is 1.09 bits per heavy atom. The molecule has 0 aliphatic rings. The van der Waals surface area contributed by atoms with E-state index in [4.69, 9.17) is 26.5 Å². The molecule has 2 rings (SSSR count). The van der Waals surface area contributed by atoms with Gasteiger partial charge in [-0.15, -0.1) is 0 Å². The summed E-state index contributed by atoms with van der Waals surface area (Å²) in [7, 11) is 1.48. The Bertz CT molecular complexity index is 700. The van der Waals surface area contributed by atoms with Gasteiger partial charge in [-0.2, -0.15) is 0 Å². The first kappa shape index (κ1) is 17.0. The van der Waals surface area contributed by atoms with E-state index in [1.54, 1.807) is 0 Å². The van der Waals surface area contributed by atoms with Crippen molar-refractivity contribution in [3.63, 3.8) is 0 Å². The summed E-state index contributed by atoms with van der Waals surface area (Å²) in [6.07, 6.45) is 0. The quantitative estimate of drug-likeness (QED) is 0.473. The molecule has 0 radical (unpaired) electrons. The number of hydroxylamine groups is 1. The molecule has 0 aromatic heterocycles. The first-order valence-corrected chi connectivity index (χ1v) is 7.49. The minimum Gasteiger partial charge on any atom is -0.488 e. The van der Waals surface area contributed by atoms with Crippen LogP contribution in [-0.4, -0.2) is 12.2 Å². The Kier molecular flexibility index (Phi) is 6.14. The first-order chi connectivity index (χ1) is 11.1. The molecule has 5 heteroatoms. The van der Waals surface area contributed by atoms with Crippen LogP contribution in [0.15, 0.2) is 60.8 Å².